The molecule has 152 valence electrons. The second-order valence-corrected chi connectivity index (χ2v) is 10.6. The van der Waals surface area contributed by atoms with Crippen molar-refractivity contribution in [3.63, 3.8) is 0 Å². The average molecular weight is 375 g/mol. The van der Waals surface area contributed by atoms with Gasteiger partial charge in [-0.3, -0.25) is 9.59 Å². The van der Waals surface area contributed by atoms with Gasteiger partial charge in [-0.15, -0.1) is 0 Å². The molecular weight excluding hydrogens is 336 g/mol. The molecule has 4 nitrogen and oxygen atoms in total. The molecule has 4 bridgehead atoms. The standard InChI is InChI=1S/C23H38N2O2/c1-15(2)20(21(26)24-19-7-5-3-4-6-8-19)25-22(27)23-12-16-9-17(13-23)11-18(10-16)14-23/h15-20H,3-14H2,1-2H3,(H,24,26)(H,25,27)/t16?,17?,18?,20-,23?/m0/s1. The van der Waals surface area contributed by atoms with Gasteiger partial charge in [-0.1, -0.05) is 39.5 Å². The summed E-state index contributed by atoms with van der Waals surface area (Å²) in [5, 5.41) is 6.49. The second kappa shape index (κ2) is 7.75. The first-order valence-electron chi connectivity index (χ1n) is 11.6. The van der Waals surface area contributed by atoms with Crippen molar-refractivity contribution < 1.29 is 9.59 Å². The first kappa shape index (κ1) is 19.3. The molecule has 2 amide bonds. The first-order valence-corrected chi connectivity index (χ1v) is 11.6. The van der Waals surface area contributed by atoms with Crippen molar-refractivity contribution in [2.24, 2.45) is 29.1 Å². The summed E-state index contributed by atoms with van der Waals surface area (Å²) < 4.78 is 0. The van der Waals surface area contributed by atoms with Crippen LogP contribution in [0.2, 0.25) is 0 Å². The molecule has 0 aromatic rings. The Bertz CT molecular complexity index is 527. The van der Waals surface area contributed by atoms with Crippen LogP contribution in [0.4, 0.5) is 0 Å². The summed E-state index contributed by atoms with van der Waals surface area (Å²) in [6.07, 6.45) is 14.3. The van der Waals surface area contributed by atoms with Crippen LogP contribution in [0, 0.1) is 29.1 Å². The summed E-state index contributed by atoms with van der Waals surface area (Å²) in [5.41, 5.74) is -0.176. The first-order chi connectivity index (χ1) is 12.9. The normalized spacial score (nSPS) is 37.1. The second-order valence-electron chi connectivity index (χ2n) is 10.6. The van der Waals surface area contributed by atoms with Gasteiger partial charge in [0.2, 0.25) is 11.8 Å². The molecule has 0 unspecified atom stereocenters. The minimum absolute atomic E-state index is 0.0370. The van der Waals surface area contributed by atoms with Crippen LogP contribution in [-0.2, 0) is 9.59 Å². The minimum atomic E-state index is -0.395. The molecule has 27 heavy (non-hydrogen) atoms. The quantitative estimate of drug-likeness (QED) is 0.709. The molecule has 0 aliphatic heterocycles. The number of carbonyl (C=O) groups excluding carboxylic acids is 2. The van der Waals surface area contributed by atoms with Crippen molar-refractivity contribution >= 4 is 11.8 Å². The van der Waals surface area contributed by atoms with Gasteiger partial charge in [0.25, 0.3) is 0 Å². The van der Waals surface area contributed by atoms with Crippen LogP contribution < -0.4 is 10.6 Å². The number of carbonyl (C=O) groups is 2. The maximum atomic E-state index is 13.4. The predicted molar refractivity (Wildman–Crippen MR) is 107 cm³/mol. The molecule has 0 heterocycles. The van der Waals surface area contributed by atoms with Crippen molar-refractivity contribution in [2.75, 3.05) is 0 Å². The maximum Gasteiger partial charge on any atom is 0.243 e. The van der Waals surface area contributed by atoms with Gasteiger partial charge < -0.3 is 10.6 Å². The SMILES string of the molecule is CC(C)[C@H](NC(=O)C12CC3CC(CC(C3)C1)C2)C(=O)NC1CCCCCC1. The number of hydrogen-bond donors (Lipinski definition) is 2. The minimum Gasteiger partial charge on any atom is -0.352 e. The molecule has 0 spiro atoms. The third-order valence-electron chi connectivity index (χ3n) is 7.96. The predicted octanol–water partition coefficient (Wildman–Crippen LogP) is 4.18. The molecule has 0 saturated heterocycles. The molecule has 4 heteroatoms. The highest BCUT2D eigenvalue weighted by Gasteiger charge is 2.55. The number of rotatable bonds is 5. The fourth-order valence-corrected chi connectivity index (χ4v) is 6.93. The summed E-state index contributed by atoms with van der Waals surface area (Å²) in [6, 6.07) is -0.105. The Balaban J connectivity index is 1.40. The zero-order chi connectivity index (χ0) is 19.0. The van der Waals surface area contributed by atoms with E-state index in [4.69, 9.17) is 0 Å². The van der Waals surface area contributed by atoms with Gasteiger partial charge in [0.15, 0.2) is 0 Å². The summed E-state index contributed by atoms with van der Waals surface area (Å²) in [4.78, 5) is 26.4. The van der Waals surface area contributed by atoms with Crippen molar-refractivity contribution in [1.29, 1.82) is 0 Å². The van der Waals surface area contributed by atoms with Crippen LogP contribution in [0.5, 0.6) is 0 Å². The molecule has 0 aromatic carbocycles. The zero-order valence-electron chi connectivity index (χ0n) is 17.3. The fraction of sp³-hybridized carbons (Fsp3) is 0.913. The molecule has 5 fully saturated rings. The van der Waals surface area contributed by atoms with Crippen LogP contribution in [-0.4, -0.2) is 23.9 Å². The van der Waals surface area contributed by atoms with Gasteiger partial charge in [0.1, 0.15) is 6.04 Å². The van der Waals surface area contributed by atoms with E-state index < -0.39 is 6.04 Å². The Morgan fingerprint density at radius 1 is 0.852 bits per heavy atom. The van der Waals surface area contributed by atoms with Crippen LogP contribution >= 0.6 is 0 Å². The molecule has 0 radical (unpaired) electrons. The van der Waals surface area contributed by atoms with E-state index >= 15 is 0 Å². The molecule has 1 atom stereocenters. The molecule has 5 aliphatic carbocycles. The summed E-state index contributed by atoms with van der Waals surface area (Å²) in [6.45, 7) is 4.11. The number of amides is 2. The monoisotopic (exact) mass is 374 g/mol. The van der Waals surface area contributed by atoms with Crippen LogP contribution in [0.25, 0.3) is 0 Å². The average Bonchev–Trinajstić information content (AvgIpc) is 2.86. The fourth-order valence-electron chi connectivity index (χ4n) is 6.93. The van der Waals surface area contributed by atoms with E-state index in [1.165, 1.54) is 44.9 Å². The highest BCUT2D eigenvalue weighted by molar-refractivity contribution is 5.90. The van der Waals surface area contributed by atoms with E-state index in [1.54, 1.807) is 0 Å². The Kier molecular flexibility index (Phi) is 5.53. The molecule has 5 saturated carbocycles. The molecule has 5 rings (SSSR count). The smallest absolute Gasteiger partial charge is 0.243 e. The molecule has 2 N–H and O–H groups in total. The number of hydrogen-bond acceptors (Lipinski definition) is 2. The lowest BCUT2D eigenvalue weighted by Crippen LogP contribution is -2.59. The van der Waals surface area contributed by atoms with E-state index in [9.17, 15) is 9.59 Å². The van der Waals surface area contributed by atoms with E-state index in [0.29, 0.717) is 0 Å². The van der Waals surface area contributed by atoms with Gasteiger partial charge in [0.05, 0.1) is 0 Å². The Labute approximate surface area is 164 Å². The Morgan fingerprint density at radius 3 is 1.85 bits per heavy atom. The van der Waals surface area contributed by atoms with Gasteiger partial charge in [-0.25, -0.2) is 0 Å². The highest BCUT2D eigenvalue weighted by atomic mass is 16.2. The van der Waals surface area contributed by atoms with E-state index in [-0.39, 0.29) is 29.2 Å². The van der Waals surface area contributed by atoms with Crippen molar-refractivity contribution in [3.8, 4) is 0 Å². The van der Waals surface area contributed by atoms with Crippen LogP contribution in [0.1, 0.15) is 90.9 Å². The van der Waals surface area contributed by atoms with Crippen LogP contribution in [0.15, 0.2) is 0 Å². The van der Waals surface area contributed by atoms with E-state index in [1.807, 2.05) is 0 Å². The largest absolute Gasteiger partial charge is 0.352 e. The van der Waals surface area contributed by atoms with Gasteiger partial charge >= 0.3 is 0 Å². The van der Waals surface area contributed by atoms with Crippen molar-refractivity contribution in [1.82, 2.24) is 10.6 Å². The summed E-state index contributed by atoms with van der Waals surface area (Å²) >= 11 is 0. The lowest BCUT2D eigenvalue weighted by atomic mass is 9.49. The van der Waals surface area contributed by atoms with Crippen LogP contribution in [0.3, 0.4) is 0 Å². The van der Waals surface area contributed by atoms with Crippen molar-refractivity contribution in [2.45, 2.75) is 103 Å². The van der Waals surface area contributed by atoms with Gasteiger partial charge in [-0.2, -0.15) is 0 Å². The Hall–Kier alpha value is -1.06. The lowest BCUT2D eigenvalue weighted by Gasteiger charge is -2.55. The van der Waals surface area contributed by atoms with E-state index in [0.717, 1.165) is 49.9 Å². The highest BCUT2D eigenvalue weighted by Crippen LogP contribution is 2.60. The third kappa shape index (κ3) is 4.05. The Morgan fingerprint density at radius 2 is 1.37 bits per heavy atom. The van der Waals surface area contributed by atoms with Gasteiger partial charge in [-0.05, 0) is 75.0 Å². The van der Waals surface area contributed by atoms with E-state index in [2.05, 4.69) is 24.5 Å². The number of nitrogens with one attached hydrogen (secondary N) is 2. The lowest BCUT2D eigenvalue weighted by molar-refractivity contribution is -0.149. The summed E-state index contributed by atoms with van der Waals surface area (Å²) in [7, 11) is 0. The third-order valence-corrected chi connectivity index (χ3v) is 7.96. The molecule has 5 aliphatic rings. The van der Waals surface area contributed by atoms with Gasteiger partial charge in [0, 0.05) is 11.5 Å². The molecule has 0 aromatic heterocycles. The topological polar surface area (TPSA) is 58.2 Å². The zero-order valence-corrected chi connectivity index (χ0v) is 17.3. The maximum absolute atomic E-state index is 13.4. The molecular formula is C23H38N2O2. The van der Waals surface area contributed by atoms with Crippen molar-refractivity contribution in [3.05, 3.63) is 0 Å². The summed E-state index contributed by atoms with van der Waals surface area (Å²) in [5.74, 6) is 2.58.